The molecule has 0 aliphatic rings. The zero-order valence-corrected chi connectivity index (χ0v) is 15.4. The summed E-state index contributed by atoms with van der Waals surface area (Å²) in [5, 5.41) is 10.1. The van der Waals surface area contributed by atoms with Gasteiger partial charge in [0.15, 0.2) is 4.96 Å². The molecule has 0 saturated heterocycles. The van der Waals surface area contributed by atoms with Gasteiger partial charge in [0.1, 0.15) is 5.75 Å². The SMILES string of the molecule is Cc1cc2nc3s/c(=C\c4cccc(Br)c4O)c(=O)n3c2cc1C. The molecule has 0 atom stereocenters. The van der Waals surface area contributed by atoms with Gasteiger partial charge in [0.05, 0.1) is 20.0 Å². The summed E-state index contributed by atoms with van der Waals surface area (Å²) in [6.45, 7) is 4.06. The molecule has 4 rings (SSSR count). The second-order valence-electron chi connectivity index (χ2n) is 5.75. The van der Waals surface area contributed by atoms with Gasteiger partial charge in [-0.2, -0.15) is 0 Å². The Morgan fingerprint density at radius 3 is 2.79 bits per heavy atom. The molecule has 0 unspecified atom stereocenters. The number of thiazole rings is 1. The van der Waals surface area contributed by atoms with E-state index in [1.807, 2.05) is 32.0 Å². The van der Waals surface area contributed by atoms with Gasteiger partial charge in [0.25, 0.3) is 5.56 Å². The van der Waals surface area contributed by atoms with Crippen LogP contribution in [0, 0.1) is 13.8 Å². The molecule has 2 aromatic heterocycles. The van der Waals surface area contributed by atoms with E-state index in [0.717, 1.165) is 22.2 Å². The minimum absolute atomic E-state index is 0.111. The van der Waals surface area contributed by atoms with E-state index in [-0.39, 0.29) is 11.3 Å². The highest BCUT2D eigenvalue weighted by atomic mass is 79.9. The lowest BCUT2D eigenvalue weighted by Gasteiger charge is -2.00. The standard InChI is InChI=1S/C18H13BrN2O2S/c1-9-6-13-14(7-10(9)2)21-17(23)15(24-18(21)20-13)8-11-4-3-5-12(19)16(11)22/h3-8,22H,1-2H3/b15-8-. The molecule has 6 heteroatoms. The van der Waals surface area contributed by atoms with Crippen molar-refractivity contribution in [3.8, 4) is 5.75 Å². The fourth-order valence-electron chi connectivity index (χ4n) is 2.71. The van der Waals surface area contributed by atoms with Crippen molar-refractivity contribution in [2.24, 2.45) is 0 Å². The zero-order valence-electron chi connectivity index (χ0n) is 13.0. The van der Waals surface area contributed by atoms with Gasteiger partial charge in [-0.05, 0) is 65.2 Å². The largest absolute Gasteiger partial charge is 0.506 e. The normalized spacial score (nSPS) is 12.5. The molecule has 0 fully saturated rings. The number of imidazole rings is 1. The average Bonchev–Trinajstić information content (AvgIpc) is 3.02. The Hall–Kier alpha value is -2.18. The summed E-state index contributed by atoms with van der Waals surface area (Å²) >= 11 is 4.62. The fourth-order valence-corrected chi connectivity index (χ4v) is 4.07. The lowest BCUT2D eigenvalue weighted by molar-refractivity contribution is 0.470. The highest BCUT2D eigenvalue weighted by Crippen LogP contribution is 2.28. The van der Waals surface area contributed by atoms with Gasteiger partial charge in [-0.1, -0.05) is 23.5 Å². The molecular weight excluding hydrogens is 388 g/mol. The van der Waals surface area contributed by atoms with Gasteiger partial charge in [0.2, 0.25) is 0 Å². The number of hydrogen-bond donors (Lipinski definition) is 1. The number of fused-ring (bicyclic) bond motifs is 3. The van der Waals surface area contributed by atoms with Crippen LogP contribution in [-0.2, 0) is 0 Å². The van der Waals surface area contributed by atoms with E-state index in [9.17, 15) is 9.90 Å². The molecule has 2 heterocycles. The molecular formula is C18H13BrN2O2S. The van der Waals surface area contributed by atoms with Crippen molar-refractivity contribution in [1.29, 1.82) is 0 Å². The number of phenols is 1. The van der Waals surface area contributed by atoms with Gasteiger partial charge in [-0.25, -0.2) is 9.38 Å². The molecule has 0 saturated carbocycles. The van der Waals surface area contributed by atoms with Crippen molar-refractivity contribution in [2.75, 3.05) is 0 Å². The van der Waals surface area contributed by atoms with Crippen LogP contribution >= 0.6 is 27.3 Å². The number of hydrogen-bond acceptors (Lipinski definition) is 4. The molecule has 1 N–H and O–H groups in total. The topological polar surface area (TPSA) is 54.6 Å². The molecule has 24 heavy (non-hydrogen) atoms. The number of halogens is 1. The monoisotopic (exact) mass is 400 g/mol. The number of phenolic OH excluding ortho intramolecular Hbond substituents is 1. The van der Waals surface area contributed by atoms with Crippen molar-refractivity contribution >= 4 is 49.3 Å². The highest BCUT2D eigenvalue weighted by Gasteiger charge is 2.13. The Morgan fingerprint density at radius 1 is 1.25 bits per heavy atom. The summed E-state index contributed by atoms with van der Waals surface area (Å²) in [5.41, 5.74) is 4.44. The maximum Gasteiger partial charge on any atom is 0.274 e. The highest BCUT2D eigenvalue weighted by molar-refractivity contribution is 9.10. The lowest BCUT2D eigenvalue weighted by atomic mass is 10.1. The molecule has 0 amide bonds. The number of nitrogens with zero attached hydrogens (tertiary/aromatic N) is 2. The summed E-state index contributed by atoms with van der Waals surface area (Å²) < 4.78 is 2.79. The predicted molar refractivity (Wildman–Crippen MR) is 101 cm³/mol. The van der Waals surface area contributed by atoms with E-state index < -0.39 is 0 Å². The van der Waals surface area contributed by atoms with Crippen molar-refractivity contribution in [2.45, 2.75) is 13.8 Å². The first kappa shape index (κ1) is 15.4. The fraction of sp³-hybridized carbons (Fsp3) is 0.111. The molecule has 0 aliphatic heterocycles. The maximum atomic E-state index is 12.8. The Bertz CT molecular complexity index is 1220. The third kappa shape index (κ3) is 2.25. The van der Waals surface area contributed by atoms with Gasteiger partial charge in [-0.3, -0.25) is 4.79 Å². The van der Waals surface area contributed by atoms with Crippen LogP contribution in [0.1, 0.15) is 16.7 Å². The lowest BCUT2D eigenvalue weighted by Crippen LogP contribution is -2.22. The first-order valence-electron chi connectivity index (χ1n) is 7.37. The van der Waals surface area contributed by atoms with Gasteiger partial charge >= 0.3 is 0 Å². The summed E-state index contributed by atoms with van der Waals surface area (Å²) in [7, 11) is 0. The van der Waals surface area contributed by atoms with Crippen LogP contribution in [0.3, 0.4) is 0 Å². The molecule has 2 aromatic carbocycles. The number of benzene rings is 2. The molecule has 4 nitrogen and oxygen atoms in total. The number of para-hydroxylation sites is 1. The van der Waals surface area contributed by atoms with Gasteiger partial charge < -0.3 is 5.11 Å². The number of aryl methyl sites for hydroxylation is 2. The predicted octanol–water partition coefficient (Wildman–Crippen LogP) is 3.54. The molecule has 0 spiro atoms. The molecule has 0 bridgehead atoms. The smallest absolute Gasteiger partial charge is 0.274 e. The van der Waals surface area contributed by atoms with Crippen LogP contribution < -0.4 is 10.1 Å². The van der Waals surface area contributed by atoms with Crippen molar-refractivity contribution in [3.05, 3.63) is 66.4 Å². The van der Waals surface area contributed by atoms with E-state index in [0.29, 0.717) is 19.5 Å². The maximum absolute atomic E-state index is 12.8. The van der Waals surface area contributed by atoms with E-state index >= 15 is 0 Å². The third-order valence-corrected chi connectivity index (χ3v) is 5.77. The van der Waals surface area contributed by atoms with Crippen LogP contribution in [0.15, 0.2) is 39.6 Å². The van der Waals surface area contributed by atoms with Gasteiger partial charge in [-0.15, -0.1) is 0 Å². The third-order valence-electron chi connectivity index (χ3n) is 4.16. The van der Waals surface area contributed by atoms with E-state index in [4.69, 9.17) is 0 Å². The molecule has 0 aliphatic carbocycles. The summed E-state index contributed by atoms with van der Waals surface area (Å²) in [6, 6.07) is 9.35. The number of aromatic hydroxyl groups is 1. The quantitative estimate of drug-likeness (QED) is 0.531. The molecule has 0 radical (unpaired) electrons. The van der Waals surface area contributed by atoms with Gasteiger partial charge in [0, 0.05) is 5.56 Å². The Morgan fingerprint density at radius 2 is 2.00 bits per heavy atom. The van der Waals surface area contributed by atoms with E-state index in [1.54, 1.807) is 22.6 Å². The minimum atomic E-state index is -0.111. The van der Waals surface area contributed by atoms with E-state index in [2.05, 4.69) is 20.9 Å². The van der Waals surface area contributed by atoms with Crippen molar-refractivity contribution in [1.82, 2.24) is 9.38 Å². The number of aromatic nitrogens is 2. The minimum Gasteiger partial charge on any atom is -0.506 e. The Balaban J connectivity index is 2.03. The second kappa shape index (κ2) is 5.43. The van der Waals surface area contributed by atoms with Crippen LogP contribution in [0.2, 0.25) is 0 Å². The summed E-state index contributed by atoms with van der Waals surface area (Å²) in [4.78, 5) is 18.0. The molecule has 120 valence electrons. The first-order valence-corrected chi connectivity index (χ1v) is 8.98. The second-order valence-corrected chi connectivity index (χ2v) is 7.61. The average molecular weight is 401 g/mol. The number of rotatable bonds is 1. The van der Waals surface area contributed by atoms with Crippen molar-refractivity contribution in [3.63, 3.8) is 0 Å². The first-order chi connectivity index (χ1) is 11.5. The van der Waals surface area contributed by atoms with Crippen LogP contribution in [0.4, 0.5) is 0 Å². The van der Waals surface area contributed by atoms with Crippen molar-refractivity contribution < 1.29 is 5.11 Å². The summed E-state index contributed by atoms with van der Waals surface area (Å²) in [6.07, 6.45) is 1.70. The zero-order chi connectivity index (χ0) is 17.0. The van der Waals surface area contributed by atoms with Crippen LogP contribution in [-0.4, -0.2) is 14.5 Å². The van der Waals surface area contributed by atoms with E-state index in [1.165, 1.54) is 11.3 Å². The Labute approximate surface area is 149 Å². The Kier molecular flexibility index (Phi) is 3.47. The summed E-state index contributed by atoms with van der Waals surface area (Å²) in [5.74, 6) is 0.124. The molecule has 4 aromatic rings. The van der Waals surface area contributed by atoms with Crippen LogP contribution in [0.5, 0.6) is 5.75 Å². The van der Waals surface area contributed by atoms with Crippen LogP contribution in [0.25, 0.3) is 22.1 Å².